The van der Waals surface area contributed by atoms with Gasteiger partial charge < -0.3 is 16.0 Å². The number of hydrogen-bond acceptors (Lipinski definition) is 4. The lowest BCUT2D eigenvalue weighted by Gasteiger charge is -2.36. The maximum absolute atomic E-state index is 11.8. The van der Waals surface area contributed by atoms with Gasteiger partial charge in [-0.3, -0.25) is 14.3 Å². The summed E-state index contributed by atoms with van der Waals surface area (Å²) in [6.45, 7) is 1.65. The largest absolute Gasteiger partial charge is 0.364 e. The second-order valence-electron chi connectivity index (χ2n) is 4.20. The van der Waals surface area contributed by atoms with E-state index in [1.165, 1.54) is 4.68 Å². The van der Waals surface area contributed by atoms with Crippen molar-refractivity contribution in [3.63, 3.8) is 0 Å². The molecule has 1 aromatic rings. The van der Waals surface area contributed by atoms with Crippen LogP contribution < -0.4 is 11.1 Å². The number of nitrogens with one attached hydrogen (secondary N) is 1. The van der Waals surface area contributed by atoms with Gasteiger partial charge in [-0.1, -0.05) is 0 Å². The van der Waals surface area contributed by atoms with Crippen molar-refractivity contribution in [2.24, 2.45) is 12.8 Å². The predicted molar refractivity (Wildman–Crippen MR) is 59.3 cm³/mol. The number of aryl methyl sites for hydroxylation is 1. The summed E-state index contributed by atoms with van der Waals surface area (Å²) in [6, 6.07) is 2.74. The fraction of sp³-hybridized carbons (Fsp3) is 0.500. The zero-order valence-corrected chi connectivity index (χ0v) is 9.73. The average Bonchev–Trinajstić information content (AvgIpc) is 2.58. The van der Waals surface area contributed by atoms with Gasteiger partial charge in [0.1, 0.15) is 5.69 Å². The van der Waals surface area contributed by atoms with Crippen molar-refractivity contribution in [3.05, 3.63) is 17.5 Å². The molecule has 1 aliphatic heterocycles. The Kier molecular flexibility index (Phi) is 2.84. The molecule has 2 amide bonds. The van der Waals surface area contributed by atoms with Crippen LogP contribution in [0.4, 0.5) is 0 Å². The van der Waals surface area contributed by atoms with E-state index in [1.54, 1.807) is 7.05 Å². The molecule has 7 heteroatoms. The maximum atomic E-state index is 11.8. The molecule has 2 heterocycles. The minimum Gasteiger partial charge on any atom is -0.364 e. The molecule has 2 rings (SSSR count). The number of primary amides is 1. The molecule has 1 aliphatic rings. The second-order valence-corrected chi connectivity index (χ2v) is 4.20. The van der Waals surface area contributed by atoms with Crippen LogP contribution in [0.1, 0.15) is 21.0 Å². The van der Waals surface area contributed by atoms with E-state index in [0.29, 0.717) is 0 Å². The molecule has 91 valence electrons. The molecule has 0 saturated carbocycles. The minimum absolute atomic E-state index is 0.0247. The summed E-state index contributed by atoms with van der Waals surface area (Å²) in [5, 5.41) is 6.64. The third-order valence-electron chi connectivity index (χ3n) is 2.66. The number of amides is 2. The zero-order chi connectivity index (χ0) is 12.6. The normalized spacial score (nSPS) is 16.6. The predicted octanol–water partition coefficient (Wildman–Crippen LogP) is -1.64. The van der Waals surface area contributed by atoms with Gasteiger partial charge >= 0.3 is 0 Å². The monoisotopic (exact) mass is 236 g/mol. The summed E-state index contributed by atoms with van der Waals surface area (Å²) in [6.07, 6.45) is 0. The highest BCUT2D eigenvalue weighted by Gasteiger charge is 2.26. The third kappa shape index (κ3) is 2.28. The molecule has 1 saturated heterocycles. The highest BCUT2D eigenvalue weighted by atomic mass is 16.2. The van der Waals surface area contributed by atoms with E-state index in [0.717, 1.165) is 13.1 Å². The fourth-order valence-corrected chi connectivity index (χ4v) is 1.78. The fourth-order valence-electron chi connectivity index (χ4n) is 1.78. The lowest BCUT2D eigenvalue weighted by molar-refractivity contribution is 0.0847. The van der Waals surface area contributed by atoms with Gasteiger partial charge in [0.05, 0.1) is 12.1 Å². The summed E-state index contributed by atoms with van der Waals surface area (Å²) < 4.78 is 1.30. The Hall–Kier alpha value is -1.89. The molecule has 7 nitrogen and oxygen atoms in total. The number of carbonyl (C=O) groups excluding carboxylic acids is 2. The van der Waals surface area contributed by atoms with Crippen LogP contribution in [-0.4, -0.2) is 52.7 Å². The standard InChI is InChI=1S/C10H14N5O2/c1-14-4-6(5-14)12-10(17)8-3-7(9(11)16)13-15(8)2/h6H,4-5H2,1-2H3,(H2,11,16)(H,12,17). The number of nitrogens with zero attached hydrogens (tertiary/aromatic N) is 3. The SMILES string of the molecule is CN1CC(NC(=O)c2[c]c(C(N)=O)nn2C)C1. The quantitative estimate of drug-likeness (QED) is 0.658. The maximum Gasteiger partial charge on any atom is 0.270 e. The van der Waals surface area contributed by atoms with Gasteiger partial charge in [-0.25, -0.2) is 0 Å². The molecular formula is C10H14N5O2. The molecule has 1 aromatic heterocycles. The smallest absolute Gasteiger partial charge is 0.270 e. The molecule has 0 bridgehead atoms. The van der Waals surface area contributed by atoms with Crippen LogP contribution in [0.2, 0.25) is 0 Å². The van der Waals surface area contributed by atoms with E-state index < -0.39 is 5.91 Å². The molecule has 17 heavy (non-hydrogen) atoms. The van der Waals surface area contributed by atoms with Crippen molar-refractivity contribution in [3.8, 4) is 0 Å². The number of aromatic nitrogens is 2. The minimum atomic E-state index is -0.692. The average molecular weight is 236 g/mol. The Bertz CT molecular complexity index is 461. The van der Waals surface area contributed by atoms with Crippen LogP contribution in [0.15, 0.2) is 0 Å². The second kappa shape index (κ2) is 4.17. The molecule has 0 atom stereocenters. The molecule has 0 aliphatic carbocycles. The molecule has 0 unspecified atom stereocenters. The summed E-state index contributed by atoms with van der Waals surface area (Å²) in [4.78, 5) is 24.8. The first-order valence-corrected chi connectivity index (χ1v) is 5.23. The number of nitrogens with two attached hydrogens (primary N) is 1. The van der Waals surface area contributed by atoms with Crippen molar-refractivity contribution in [1.29, 1.82) is 0 Å². The first kappa shape index (κ1) is 11.6. The molecule has 3 N–H and O–H groups in total. The van der Waals surface area contributed by atoms with Crippen LogP contribution in [0.3, 0.4) is 0 Å². The third-order valence-corrected chi connectivity index (χ3v) is 2.66. The zero-order valence-electron chi connectivity index (χ0n) is 9.73. The Morgan fingerprint density at radius 3 is 2.59 bits per heavy atom. The van der Waals surface area contributed by atoms with E-state index in [2.05, 4.69) is 21.4 Å². The van der Waals surface area contributed by atoms with E-state index in [4.69, 9.17) is 5.73 Å². The van der Waals surface area contributed by atoms with E-state index in [1.807, 2.05) is 7.05 Å². The van der Waals surface area contributed by atoms with Crippen molar-refractivity contribution < 1.29 is 9.59 Å². The Morgan fingerprint density at radius 2 is 2.12 bits per heavy atom. The first-order chi connectivity index (χ1) is 7.97. The van der Waals surface area contributed by atoms with Crippen molar-refractivity contribution in [2.75, 3.05) is 20.1 Å². The lowest BCUT2D eigenvalue weighted by Crippen LogP contribution is -2.57. The Morgan fingerprint density at radius 1 is 1.47 bits per heavy atom. The highest BCUT2D eigenvalue weighted by molar-refractivity contribution is 5.96. The first-order valence-electron chi connectivity index (χ1n) is 5.23. The number of carbonyl (C=O) groups is 2. The Labute approximate surface area is 98.6 Å². The molecular weight excluding hydrogens is 222 g/mol. The summed E-state index contributed by atoms with van der Waals surface area (Å²) >= 11 is 0. The lowest BCUT2D eigenvalue weighted by atomic mass is 10.1. The van der Waals surface area contributed by atoms with Gasteiger partial charge in [-0.15, -0.1) is 0 Å². The van der Waals surface area contributed by atoms with Crippen molar-refractivity contribution >= 4 is 11.8 Å². The van der Waals surface area contributed by atoms with Gasteiger partial charge in [-0.2, -0.15) is 5.10 Å². The summed E-state index contributed by atoms with van der Waals surface area (Å²) in [5.41, 5.74) is 5.26. The van der Waals surface area contributed by atoms with Gasteiger partial charge in [0.25, 0.3) is 11.8 Å². The van der Waals surface area contributed by atoms with Crippen molar-refractivity contribution in [1.82, 2.24) is 20.0 Å². The number of hydrogen-bond donors (Lipinski definition) is 2. The Balaban J connectivity index is 2.06. The van der Waals surface area contributed by atoms with E-state index in [-0.39, 0.29) is 23.3 Å². The van der Waals surface area contributed by atoms with Crippen LogP contribution >= 0.6 is 0 Å². The molecule has 0 spiro atoms. The van der Waals surface area contributed by atoms with Crippen LogP contribution in [0, 0.1) is 6.07 Å². The van der Waals surface area contributed by atoms with Gasteiger partial charge in [0, 0.05) is 20.1 Å². The number of likely N-dealkylation sites (tertiary alicyclic amines) is 1. The molecule has 1 fully saturated rings. The van der Waals surface area contributed by atoms with Gasteiger partial charge in [0.15, 0.2) is 5.69 Å². The highest BCUT2D eigenvalue weighted by Crippen LogP contribution is 2.06. The van der Waals surface area contributed by atoms with E-state index >= 15 is 0 Å². The summed E-state index contributed by atoms with van der Waals surface area (Å²) in [7, 11) is 3.55. The van der Waals surface area contributed by atoms with Gasteiger partial charge in [-0.05, 0) is 7.05 Å². The van der Waals surface area contributed by atoms with Crippen LogP contribution in [0.5, 0.6) is 0 Å². The van der Waals surface area contributed by atoms with Crippen LogP contribution in [0.25, 0.3) is 0 Å². The molecule has 1 radical (unpaired) electrons. The topological polar surface area (TPSA) is 93.2 Å². The number of rotatable bonds is 3. The van der Waals surface area contributed by atoms with E-state index in [9.17, 15) is 9.59 Å². The van der Waals surface area contributed by atoms with Gasteiger partial charge in [0.2, 0.25) is 0 Å². The number of likely N-dealkylation sites (N-methyl/N-ethyl adjacent to an activating group) is 1. The van der Waals surface area contributed by atoms with Crippen molar-refractivity contribution in [2.45, 2.75) is 6.04 Å². The summed E-state index contributed by atoms with van der Waals surface area (Å²) in [5.74, 6) is -0.978. The molecule has 0 aromatic carbocycles. The van der Waals surface area contributed by atoms with Crippen LogP contribution in [-0.2, 0) is 7.05 Å².